The molecule has 0 bridgehead atoms. The zero-order valence-electron chi connectivity index (χ0n) is 13.2. The van der Waals surface area contributed by atoms with Crippen LogP contribution in [0.4, 0.5) is 0 Å². The number of hydrogen-bond acceptors (Lipinski definition) is 2. The van der Waals surface area contributed by atoms with Gasteiger partial charge < -0.3 is 9.47 Å². The van der Waals surface area contributed by atoms with E-state index >= 15 is 0 Å². The van der Waals surface area contributed by atoms with E-state index in [4.69, 9.17) is 9.47 Å². The van der Waals surface area contributed by atoms with Gasteiger partial charge in [-0.05, 0) is 29.7 Å². The molecule has 0 atom stereocenters. The van der Waals surface area contributed by atoms with E-state index in [0.29, 0.717) is 0 Å². The largest absolute Gasteiger partial charge is 0.348 e. The molecule has 2 heteroatoms. The third kappa shape index (κ3) is 4.83. The molecule has 0 aromatic heterocycles. The van der Waals surface area contributed by atoms with Crippen molar-refractivity contribution < 1.29 is 9.47 Å². The van der Waals surface area contributed by atoms with Crippen molar-refractivity contribution in [3.05, 3.63) is 48.0 Å². The van der Waals surface area contributed by atoms with E-state index in [2.05, 4.69) is 56.3 Å². The Balaban J connectivity index is 2.11. The summed E-state index contributed by atoms with van der Waals surface area (Å²) in [6.45, 7) is 5.85. The maximum Gasteiger partial charge on any atom is 0.183 e. The van der Waals surface area contributed by atoms with Gasteiger partial charge in [-0.25, -0.2) is 0 Å². The predicted molar refractivity (Wildman–Crippen MR) is 88.4 cm³/mol. The zero-order chi connectivity index (χ0) is 14.9. The summed E-state index contributed by atoms with van der Waals surface area (Å²) < 4.78 is 11.9. The molecule has 2 aromatic rings. The van der Waals surface area contributed by atoms with Crippen LogP contribution in [0.15, 0.2) is 42.5 Å². The topological polar surface area (TPSA) is 18.5 Å². The Bertz CT molecular complexity index is 526. The Kier molecular flexibility index (Phi) is 6.71. The standard InChI is InChI=1S/C19H26O2/c1-3-5-13-20-19(21-14-6-4-2)18-12-11-16-9-7-8-10-17(16)15-18/h7-12,15,19H,3-6,13-14H2,1-2H3. The Morgan fingerprint density at radius 3 is 2.05 bits per heavy atom. The molecule has 0 spiro atoms. The molecule has 0 radical (unpaired) electrons. The van der Waals surface area contributed by atoms with E-state index in [1.165, 1.54) is 10.8 Å². The number of fused-ring (bicyclic) bond motifs is 1. The van der Waals surface area contributed by atoms with Gasteiger partial charge in [0.15, 0.2) is 6.29 Å². The van der Waals surface area contributed by atoms with Gasteiger partial charge in [0.2, 0.25) is 0 Å². The lowest BCUT2D eigenvalue weighted by Crippen LogP contribution is -2.11. The third-order valence-corrected chi connectivity index (χ3v) is 3.58. The Labute approximate surface area is 128 Å². The van der Waals surface area contributed by atoms with E-state index in [-0.39, 0.29) is 6.29 Å². The molecule has 0 aliphatic rings. The highest BCUT2D eigenvalue weighted by atomic mass is 16.7. The molecule has 114 valence electrons. The van der Waals surface area contributed by atoms with Gasteiger partial charge >= 0.3 is 0 Å². The van der Waals surface area contributed by atoms with Crippen LogP contribution in [0.5, 0.6) is 0 Å². The lowest BCUT2D eigenvalue weighted by atomic mass is 10.1. The van der Waals surface area contributed by atoms with Crippen molar-refractivity contribution in [3.63, 3.8) is 0 Å². The van der Waals surface area contributed by atoms with Crippen LogP contribution < -0.4 is 0 Å². The van der Waals surface area contributed by atoms with E-state index in [1.807, 2.05) is 0 Å². The monoisotopic (exact) mass is 286 g/mol. The highest BCUT2D eigenvalue weighted by Crippen LogP contribution is 2.24. The first-order chi connectivity index (χ1) is 10.3. The summed E-state index contributed by atoms with van der Waals surface area (Å²) in [5.74, 6) is 0. The van der Waals surface area contributed by atoms with Crippen LogP contribution in [0.2, 0.25) is 0 Å². The molecule has 0 fully saturated rings. The lowest BCUT2D eigenvalue weighted by Gasteiger charge is -2.19. The van der Waals surface area contributed by atoms with E-state index in [9.17, 15) is 0 Å². The number of unbranched alkanes of at least 4 members (excludes halogenated alkanes) is 2. The van der Waals surface area contributed by atoms with Crippen molar-refractivity contribution in [2.45, 2.75) is 45.8 Å². The second-order valence-corrected chi connectivity index (χ2v) is 5.39. The van der Waals surface area contributed by atoms with Crippen LogP contribution in [0.3, 0.4) is 0 Å². The number of rotatable bonds is 9. The second-order valence-electron chi connectivity index (χ2n) is 5.39. The molecular formula is C19H26O2. The quantitative estimate of drug-likeness (QED) is 0.449. The zero-order valence-corrected chi connectivity index (χ0v) is 13.2. The first-order valence-corrected chi connectivity index (χ1v) is 8.07. The maximum atomic E-state index is 5.94. The number of hydrogen-bond donors (Lipinski definition) is 0. The summed E-state index contributed by atoms with van der Waals surface area (Å²) in [7, 11) is 0. The van der Waals surface area contributed by atoms with E-state index in [1.54, 1.807) is 0 Å². The average Bonchev–Trinajstić information content (AvgIpc) is 2.53. The van der Waals surface area contributed by atoms with E-state index < -0.39 is 0 Å². The molecule has 2 rings (SSSR count). The molecule has 0 N–H and O–H groups in total. The summed E-state index contributed by atoms with van der Waals surface area (Å²) in [5, 5.41) is 2.49. The minimum absolute atomic E-state index is 0.243. The summed E-state index contributed by atoms with van der Waals surface area (Å²) in [6, 6.07) is 14.8. The van der Waals surface area contributed by atoms with Crippen molar-refractivity contribution >= 4 is 10.8 Å². The van der Waals surface area contributed by atoms with Gasteiger partial charge in [0, 0.05) is 5.56 Å². The first kappa shape index (κ1) is 16.0. The average molecular weight is 286 g/mol. The molecule has 2 aromatic carbocycles. The molecule has 0 unspecified atom stereocenters. The molecular weight excluding hydrogens is 260 g/mol. The predicted octanol–water partition coefficient (Wildman–Crippen LogP) is 5.47. The van der Waals surface area contributed by atoms with E-state index in [0.717, 1.165) is 44.5 Å². The molecule has 0 saturated carbocycles. The third-order valence-electron chi connectivity index (χ3n) is 3.58. The Morgan fingerprint density at radius 1 is 0.810 bits per heavy atom. The van der Waals surface area contributed by atoms with Gasteiger partial charge in [-0.15, -0.1) is 0 Å². The van der Waals surface area contributed by atoms with Crippen molar-refractivity contribution in [1.82, 2.24) is 0 Å². The molecule has 0 saturated heterocycles. The summed E-state index contributed by atoms with van der Waals surface area (Å²) in [5.41, 5.74) is 1.11. The summed E-state index contributed by atoms with van der Waals surface area (Å²) >= 11 is 0. The van der Waals surface area contributed by atoms with Gasteiger partial charge in [0.1, 0.15) is 0 Å². The van der Waals surface area contributed by atoms with Crippen LogP contribution in [0.1, 0.15) is 51.4 Å². The van der Waals surface area contributed by atoms with Crippen LogP contribution in [0.25, 0.3) is 10.8 Å². The fraction of sp³-hybridized carbons (Fsp3) is 0.474. The van der Waals surface area contributed by atoms with Gasteiger partial charge in [-0.1, -0.05) is 63.1 Å². The van der Waals surface area contributed by atoms with Crippen molar-refractivity contribution in [3.8, 4) is 0 Å². The normalized spacial score (nSPS) is 11.4. The van der Waals surface area contributed by atoms with Crippen LogP contribution >= 0.6 is 0 Å². The minimum atomic E-state index is -0.243. The molecule has 0 aliphatic carbocycles. The van der Waals surface area contributed by atoms with Gasteiger partial charge in [0.25, 0.3) is 0 Å². The summed E-state index contributed by atoms with van der Waals surface area (Å²) in [6.07, 6.45) is 4.18. The van der Waals surface area contributed by atoms with Crippen LogP contribution in [-0.2, 0) is 9.47 Å². The number of benzene rings is 2. The molecule has 2 nitrogen and oxygen atoms in total. The van der Waals surface area contributed by atoms with Crippen LogP contribution in [-0.4, -0.2) is 13.2 Å². The fourth-order valence-electron chi connectivity index (χ4n) is 2.26. The highest BCUT2D eigenvalue weighted by molar-refractivity contribution is 5.83. The van der Waals surface area contributed by atoms with Crippen molar-refractivity contribution in [2.24, 2.45) is 0 Å². The minimum Gasteiger partial charge on any atom is -0.348 e. The highest BCUT2D eigenvalue weighted by Gasteiger charge is 2.12. The van der Waals surface area contributed by atoms with Crippen molar-refractivity contribution in [1.29, 1.82) is 0 Å². The van der Waals surface area contributed by atoms with Gasteiger partial charge in [-0.2, -0.15) is 0 Å². The maximum absolute atomic E-state index is 5.94. The Hall–Kier alpha value is -1.38. The molecule has 0 heterocycles. The molecule has 21 heavy (non-hydrogen) atoms. The molecule has 0 amide bonds. The lowest BCUT2D eigenvalue weighted by molar-refractivity contribution is -0.148. The smallest absolute Gasteiger partial charge is 0.183 e. The van der Waals surface area contributed by atoms with Crippen LogP contribution in [0, 0.1) is 0 Å². The summed E-state index contributed by atoms with van der Waals surface area (Å²) in [4.78, 5) is 0. The first-order valence-electron chi connectivity index (χ1n) is 8.07. The molecule has 0 aliphatic heterocycles. The van der Waals surface area contributed by atoms with Crippen molar-refractivity contribution in [2.75, 3.05) is 13.2 Å². The Morgan fingerprint density at radius 2 is 1.43 bits per heavy atom. The second kappa shape index (κ2) is 8.81. The SMILES string of the molecule is CCCCOC(OCCCC)c1ccc2ccccc2c1. The number of ether oxygens (including phenoxy) is 2. The van der Waals surface area contributed by atoms with Gasteiger partial charge in [-0.3, -0.25) is 0 Å². The fourth-order valence-corrected chi connectivity index (χ4v) is 2.26. The van der Waals surface area contributed by atoms with Gasteiger partial charge in [0.05, 0.1) is 13.2 Å².